The first kappa shape index (κ1) is 15.9. The zero-order valence-electron chi connectivity index (χ0n) is 12.6. The molecule has 0 saturated heterocycles. The minimum Gasteiger partial charge on any atom is -0.381 e. The molecule has 1 saturated carbocycles. The third kappa shape index (κ3) is 4.52. The molecule has 3 heteroatoms. The van der Waals surface area contributed by atoms with Crippen molar-refractivity contribution in [2.24, 2.45) is 5.41 Å². The summed E-state index contributed by atoms with van der Waals surface area (Å²) in [6.07, 6.45) is 5.08. The second kappa shape index (κ2) is 8.13. The molecule has 0 spiro atoms. The molecule has 0 aliphatic heterocycles. The van der Waals surface area contributed by atoms with Crippen LogP contribution in [0.15, 0.2) is 0 Å². The Labute approximate surface area is 113 Å². The van der Waals surface area contributed by atoms with Gasteiger partial charge in [-0.1, -0.05) is 27.2 Å². The van der Waals surface area contributed by atoms with Gasteiger partial charge in [-0.15, -0.1) is 0 Å². The smallest absolute Gasteiger partial charge is 0.0655 e. The van der Waals surface area contributed by atoms with Gasteiger partial charge in [0.25, 0.3) is 0 Å². The molecule has 0 bridgehead atoms. The van der Waals surface area contributed by atoms with Crippen LogP contribution >= 0.6 is 0 Å². The lowest BCUT2D eigenvalue weighted by Crippen LogP contribution is -2.61. The van der Waals surface area contributed by atoms with Gasteiger partial charge in [-0.05, 0) is 32.7 Å². The quantitative estimate of drug-likeness (QED) is 0.610. The van der Waals surface area contributed by atoms with Crippen molar-refractivity contribution in [3.63, 3.8) is 0 Å². The maximum absolute atomic E-state index is 5.73. The Morgan fingerprint density at radius 1 is 1.17 bits per heavy atom. The average molecular weight is 257 g/mol. The molecule has 0 aromatic heterocycles. The first-order chi connectivity index (χ1) is 8.62. The summed E-state index contributed by atoms with van der Waals surface area (Å²) in [4.78, 5) is 0. The lowest BCUT2D eigenvalue weighted by molar-refractivity contribution is -0.114. The standard InChI is InChI=1S/C15H31NO2/c1-5-7-10-17-11-8-9-16-13-12-14(18-6-2)15(13,3)4/h13-14,16H,5-12H2,1-4H3. The molecule has 1 fully saturated rings. The van der Waals surface area contributed by atoms with E-state index in [-0.39, 0.29) is 5.41 Å². The number of unbranched alkanes of at least 4 members (excludes halogenated alkanes) is 1. The van der Waals surface area contributed by atoms with Gasteiger partial charge in [0.05, 0.1) is 6.10 Å². The number of nitrogens with one attached hydrogen (secondary N) is 1. The molecule has 1 rings (SSSR count). The lowest BCUT2D eigenvalue weighted by atomic mass is 9.64. The Kier molecular flexibility index (Phi) is 7.20. The Hall–Kier alpha value is -0.120. The maximum Gasteiger partial charge on any atom is 0.0655 e. The van der Waals surface area contributed by atoms with Crippen LogP contribution in [-0.2, 0) is 9.47 Å². The van der Waals surface area contributed by atoms with Gasteiger partial charge in [0.1, 0.15) is 0 Å². The average Bonchev–Trinajstić information content (AvgIpc) is 2.35. The molecule has 1 N–H and O–H groups in total. The van der Waals surface area contributed by atoms with Crippen LogP contribution in [0.4, 0.5) is 0 Å². The van der Waals surface area contributed by atoms with Gasteiger partial charge >= 0.3 is 0 Å². The Balaban J connectivity index is 2.00. The zero-order chi connectivity index (χ0) is 13.4. The number of ether oxygens (including phenoxy) is 2. The van der Waals surface area contributed by atoms with E-state index in [0.717, 1.165) is 39.2 Å². The summed E-state index contributed by atoms with van der Waals surface area (Å²) in [5.74, 6) is 0. The van der Waals surface area contributed by atoms with Crippen molar-refractivity contribution >= 4 is 0 Å². The summed E-state index contributed by atoms with van der Waals surface area (Å²) in [6, 6.07) is 0.602. The molecule has 0 radical (unpaired) electrons. The molecule has 0 amide bonds. The van der Waals surface area contributed by atoms with Gasteiger partial charge in [-0.3, -0.25) is 0 Å². The van der Waals surface area contributed by atoms with Crippen LogP contribution in [0.3, 0.4) is 0 Å². The van der Waals surface area contributed by atoms with E-state index in [1.165, 1.54) is 12.8 Å². The van der Waals surface area contributed by atoms with E-state index in [2.05, 4.69) is 33.0 Å². The van der Waals surface area contributed by atoms with Crippen LogP contribution in [0.5, 0.6) is 0 Å². The number of hydrogen-bond acceptors (Lipinski definition) is 3. The molecule has 108 valence electrons. The minimum atomic E-state index is 0.277. The van der Waals surface area contributed by atoms with E-state index in [1.807, 2.05) is 0 Å². The van der Waals surface area contributed by atoms with Crippen LogP contribution in [0.25, 0.3) is 0 Å². The highest BCUT2D eigenvalue weighted by atomic mass is 16.5. The van der Waals surface area contributed by atoms with Crippen molar-refractivity contribution in [1.82, 2.24) is 5.32 Å². The van der Waals surface area contributed by atoms with Gasteiger partial charge in [-0.2, -0.15) is 0 Å². The van der Waals surface area contributed by atoms with Crippen molar-refractivity contribution in [3.8, 4) is 0 Å². The third-order valence-electron chi connectivity index (χ3n) is 4.04. The van der Waals surface area contributed by atoms with Gasteiger partial charge in [-0.25, -0.2) is 0 Å². The van der Waals surface area contributed by atoms with Gasteiger partial charge < -0.3 is 14.8 Å². The molecule has 2 unspecified atom stereocenters. The molecule has 0 aromatic carbocycles. The van der Waals surface area contributed by atoms with Crippen molar-refractivity contribution in [3.05, 3.63) is 0 Å². The van der Waals surface area contributed by atoms with E-state index < -0.39 is 0 Å². The van der Waals surface area contributed by atoms with Crippen molar-refractivity contribution in [2.75, 3.05) is 26.4 Å². The van der Waals surface area contributed by atoms with Crippen LogP contribution in [0.1, 0.15) is 53.4 Å². The van der Waals surface area contributed by atoms with E-state index in [0.29, 0.717) is 12.1 Å². The summed E-state index contributed by atoms with van der Waals surface area (Å²) in [7, 11) is 0. The Morgan fingerprint density at radius 2 is 1.89 bits per heavy atom. The molecule has 0 heterocycles. The fraction of sp³-hybridized carbons (Fsp3) is 1.00. The third-order valence-corrected chi connectivity index (χ3v) is 4.04. The van der Waals surface area contributed by atoms with Crippen LogP contribution in [0, 0.1) is 5.41 Å². The van der Waals surface area contributed by atoms with Crippen LogP contribution in [-0.4, -0.2) is 38.5 Å². The predicted octanol–water partition coefficient (Wildman–Crippen LogP) is 2.99. The molecule has 1 aliphatic carbocycles. The van der Waals surface area contributed by atoms with E-state index in [4.69, 9.17) is 9.47 Å². The summed E-state index contributed by atoms with van der Waals surface area (Å²) >= 11 is 0. The van der Waals surface area contributed by atoms with Crippen molar-refractivity contribution in [2.45, 2.75) is 65.5 Å². The summed E-state index contributed by atoms with van der Waals surface area (Å²) in [5.41, 5.74) is 0.277. The molecule has 0 aromatic rings. The molecule has 2 atom stereocenters. The first-order valence-corrected chi connectivity index (χ1v) is 7.55. The van der Waals surface area contributed by atoms with Crippen LogP contribution in [0.2, 0.25) is 0 Å². The topological polar surface area (TPSA) is 30.5 Å². The second-order valence-electron chi connectivity index (χ2n) is 5.83. The highest BCUT2D eigenvalue weighted by Gasteiger charge is 2.48. The second-order valence-corrected chi connectivity index (χ2v) is 5.83. The minimum absolute atomic E-state index is 0.277. The fourth-order valence-electron chi connectivity index (χ4n) is 2.51. The Morgan fingerprint density at radius 3 is 2.50 bits per heavy atom. The van der Waals surface area contributed by atoms with Gasteiger partial charge in [0, 0.05) is 31.3 Å². The normalized spacial score (nSPS) is 26.0. The predicted molar refractivity (Wildman–Crippen MR) is 75.9 cm³/mol. The number of rotatable bonds is 10. The molecule has 18 heavy (non-hydrogen) atoms. The summed E-state index contributed by atoms with van der Waals surface area (Å²) in [6.45, 7) is 12.5. The lowest BCUT2D eigenvalue weighted by Gasteiger charge is -2.52. The largest absolute Gasteiger partial charge is 0.381 e. The van der Waals surface area contributed by atoms with Gasteiger partial charge in [0.15, 0.2) is 0 Å². The van der Waals surface area contributed by atoms with Crippen LogP contribution < -0.4 is 5.32 Å². The zero-order valence-corrected chi connectivity index (χ0v) is 12.6. The van der Waals surface area contributed by atoms with E-state index in [1.54, 1.807) is 0 Å². The summed E-state index contributed by atoms with van der Waals surface area (Å²) in [5, 5.41) is 3.63. The fourth-order valence-corrected chi connectivity index (χ4v) is 2.51. The molecule has 3 nitrogen and oxygen atoms in total. The highest BCUT2D eigenvalue weighted by Crippen LogP contribution is 2.42. The number of hydrogen-bond donors (Lipinski definition) is 1. The van der Waals surface area contributed by atoms with E-state index in [9.17, 15) is 0 Å². The monoisotopic (exact) mass is 257 g/mol. The van der Waals surface area contributed by atoms with Gasteiger partial charge in [0.2, 0.25) is 0 Å². The molecular formula is C15H31NO2. The maximum atomic E-state index is 5.73. The van der Waals surface area contributed by atoms with Crippen molar-refractivity contribution in [1.29, 1.82) is 0 Å². The highest BCUT2D eigenvalue weighted by molar-refractivity contribution is 5.02. The SMILES string of the molecule is CCCCOCCCNC1CC(OCC)C1(C)C. The van der Waals surface area contributed by atoms with Crippen molar-refractivity contribution < 1.29 is 9.47 Å². The Bertz CT molecular complexity index is 219. The molecule has 1 aliphatic rings. The van der Waals surface area contributed by atoms with E-state index >= 15 is 0 Å². The summed E-state index contributed by atoms with van der Waals surface area (Å²) < 4.78 is 11.3. The molecular weight excluding hydrogens is 226 g/mol. The first-order valence-electron chi connectivity index (χ1n) is 7.55.